The number of H-pyrrole nitrogens is 1. The molecule has 1 aromatic rings. The number of carbonyl (C=O) groups is 2. The van der Waals surface area contributed by atoms with Crippen molar-refractivity contribution in [3.8, 4) is 0 Å². The number of nitrogens with zero attached hydrogens (tertiary/aromatic N) is 1. The summed E-state index contributed by atoms with van der Waals surface area (Å²) in [7, 11) is 1.37. The van der Waals surface area contributed by atoms with Crippen molar-refractivity contribution >= 4 is 11.9 Å². The lowest BCUT2D eigenvalue weighted by Crippen LogP contribution is -2.59. The Bertz CT molecular complexity index is 716. The third-order valence-electron chi connectivity index (χ3n) is 6.44. The van der Waals surface area contributed by atoms with Gasteiger partial charge in [-0.05, 0) is 57.7 Å². The van der Waals surface area contributed by atoms with Gasteiger partial charge in [-0.15, -0.1) is 0 Å². The van der Waals surface area contributed by atoms with Crippen LogP contribution in [0.4, 0.5) is 0 Å². The van der Waals surface area contributed by atoms with Gasteiger partial charge >= 0.3 is 5.97 Å². The zero-order valence-electron chi connectivity index (χ0n) is 18.1. The van der Waals surface area contributed by atoms with E-state index in [2.05, 4.69) is 15.2 Å². The van der Waals surface area contributed by atoms with Crippen molar-refractivity contribution in [2.24, 2.45) is 0 Å². The van der Waals surface area contributed by atoms with Gasteiger partial charge in [0.1, 0.15) is 5.69 Å². The molecular formula is C22H35N3O4. The molecule has 2 aliphatic rings. The van der Waals surface area contributed by atoms with Crippen molar-refractivity contribution in [1.29, 1.82) is 0 Å². The minimum Gasteiger partial charge on any atom is -0.465 e. The Balaban J connectivity index is 1.79. The Kier molecular flexibility index (Phi) is 7.35. The highest BCUT2D eigenvalue weighted by Crippen LogP contribution is 2.30. The van der Waals surface area contributed by atoms with Crippen LogP contribution in [0.2, 0.25) is 0 Å². The molecule has 0 aliphatic carbocycles. The van der Waals surface area contributed by atoms with E-state index in [1.807, 2.05) is 13.8 Å². The van der Waals surface area contributed by atoms with Gasteiger partial charge in [0.15, 0.2) is 0 Å². The second-order valence-corrected chi connectivity index (χ2v) is 8.29. The second kappa shape index (κ2) is 9.76. The van der Waals surface area contributed by atoms with Gasteiger partial charge in [-0.25, -0.2) is 4.79 Å². The number of aromatic nitrogens is 1. The Morgan fingerprint density at radius 2 is 1.90 bits per heavy atom. The van der Waals surface area contributed by atoms with Crippen LogP contribution >= 0.6 is 0 Å². The van der Waals surface area contributed by atoms with Gasteiger partial charge in [-0.1, -0.05) is 19.8 Å². The molecule has 0 unspecified atom stereocenters. The van der Waals surface area contributed by atoms with Crippen molar-refractivity contribution in [1.82, 2.24) is 15.2 Å². The van der Waals surface area contributed by atoms with Crippen LogP contribution in [0, 0.1) is 6.92 Å². The standard InChI is InChI=1S/C22H35N3O4/c1-4-8-17-18(21(27)28-3)16(2)24-19(17)20(26)23-15-22(9-13-29-14-10-22)25-11-6-5-7-12-25/h24H,4-15H2,1-3H3,(H,23,26). The van der Waals surface area contributed by atoms with E-state index in [-0.39, 0.29) is 11.4 Å². The lowest BCUT2D eigenvalue weighted by molar-refractivity contribution is -0.0349. The largest absolute Gasteiger partial charge is 0.465 e. The zero-order chi connectivity index (χ0) is 20.9. The first-order chi connectivity index (χ1) is 14.0. The van der Waals surface area contributed by atoms with Crippen molar-refractivity contribution < 1.29 is 19.1 Å². The molecule has 2 fully saturated rings. The number of amides is 1. The molecule has 3 rings (SSSR count). The summed E-state index contributed by atoms with van der Waals surface area (Å²) in [4.78, 5) is 31.1. The minimum atomic E-state index is -0.393. The lowest BCUT2D eigenvalue weighted by Gasteiger charge is -2.48. The Morgan fingerprint density at radius 1 is 1.21 bits per heavy atom. The number of likely N-dealkylation sites (tertiary alicyclic amines) is 1. The number of methoxy groups -OCH3 is 1. The number of nitrogens with one attached hydrogen (secondary N) is 2. The summed E-state index contributed by atoms with van der Waals surface area (Å²) in [6.45, 7) is 8.11. The SMILES string of the molecule is CCCc1c(C(=O)NCC2(N3CCCCC3)CCOCC2)[nH]c(C)c1C(=O)OC. The van der Waals surface area contributed by atoms with Crippen LogP contribution in [0.5, 0.6) is 0 Å². The number of carbonyl (C=O) groups excluding carboxylic acids is 2. The maximum Gasteiger partial charge on any atom is 0.339 e. The lowest BCUT2D eigenvalue weighted by atomic mass is 9.86. The summed E-state index contributed by atoms with van der Waals surface area (Å²) in [6.07, 6.45) is 7.09. The number of rotatable bonds is 7. The number of aromatic amines is 1. The van der Waals surface area contributed by atoms with E-state index in [0.29, 0.717) is 29.9 Å². The first kappa shape index (κ1) is 21.8. The predicted molar refractivity (Wildman–Crippen MR) is 111 cm³/mol. The number of hydrogen-bond donors (Lipinski definition) is 2. The van der Waals surface area contributed by atoms with Gasteiger partial charge in [0.25, 0.3) is 5.91 Å². The van der Waals surface area contributed by atoms with Crippen molar-refractivity contribution in [3.05, 3.63) is 22.5 Å². The molecule has 1 amide bonds. The molecule has 0 radical (unpaired) electrons. The van der Waals surface area contributed by atoms with Crippen molar-refractivity contribution in [2.75, 3.05) is 40.0 Å². The molecule has 162 valence electrons. The van der Waals surface area contributed by atoms with Gasteiger partial charge in [0.05, 0.1) is 12.7 Å². The topological polar surface area (TPSA) is 83.7 Å². The number of esters is 1. The maximum absolute atomic E-state index is 13.1. The van der Waals surface area contributed by atoms with Gasteiger partial charge in [-0.2, -0.15) is 0 Å². The van der Waals surface area contributed by atoms with Crippen molar-refractivity contribution in [3.63, 3.8) is 0 Å². The molecule has 0 saturated carbocycles. The van der Waals surface area contributed by atoms with Crippen LogP contribution in [0.25, 0.3) is 0 Å². The molecule has 2 saturated heterocycles. The van der Waals surface area contributed by atoms with Gasteiger partial charge in [-0.3, -0.25) is 9.69 Å². The Hall–Kier alpha value is -1.86. The molecule has 0 atom stereocenters. The maximum atomic E-state index is 13.1. The van der Waals surface area contributed by atoms with Crippen LogP contribution in [-0.4, -0.2) is 67.3 Å². The molecule has 0 spiro atoms. The molecule has 2 aliphatic heterocycles. The van der Waals surface area contributed by atoms with Gasteiger partial charge in [0.2, 0.25) is 0 Å². The van der Waals surface area contributed by atoms with E-state index in [0.717, 1.165) is 51.1 Å². The number of ether oxygens (including phenoxy) is 2. The Labute approximate surface area is 173 Å². The van der Waals surface area contributed by atoms with Gasteiger partial charge in [0, 0.05) is 31.0 Å². The molecule has 2 N–H and O–H groups in total. The fraction of sp³-hybridized carbons (Fsp3) is 0.727. The average molecular weight is 406 g/mol. The summed E-state index contributed by atoms with van der Waals surface area (Å²) in [6, 6.07) is 0. The molecule has 0 bridgehead atoms. The monoisotopic (exact) mass is 405 g/mol. The summed E-state index contributed by atoms with van der Waals surface area (Å²) in [5.41, 5.74) is 2.39. The van der Waals surface area contributed by atoms with Crippen LogP contribution in [0.3, 0.4) is 0 Å². The molecule has 0 aromatic carbocycles. The first-order valence-electron chi connectivity index (χ1n) is 10.9. The van der Waals surface area contributed by atoms with Crippen LogP contribution in [0.15, 0.2) is 0 Å². The molecule has 29 heavy (non-hydrogen) atoms. The van der Waals surface area contributed by atoms with E-state index in [1.165, 1.54) is 26.4 Å². The second-order valence-electron chi connectivity index (χ2n) is 8.29. The van der Waals surface area contributed by atoms with Crippen LogP contribution in [0.1, 0.15) is 77.6 Å². The molecule has 7 heteroatoms. The fourth-order valence-electron chi connectivity index (χ4n) is 4.81. The summed E-state index contributed by atoms with van der Waals surface area (Å²) >= 11 is 0. The highest BCUT2D eigenvalue weighted by molar-refractivity contribution is 6.00. The quantitative estimate of drug-likeness (QED) is 0.682. The average Bonchev–Trinajstić information content (AvgIpc) is 3.09. The normalized spacial score (nSPS) is 19.7. The van der Waals surface area contributed by atoms with E-state index in [9.17, 15) is 9.59 Å². The summed E-state index contributed by atoms with van der Waals surface area (Å²) in [5.74, 6) is -0.537. The van der Waals surface area contributed by atoms with E-state index in [4.69, 9.17) is 9.47 Å². The van der Waals surface area contributed by atoms with Crippen LogP contribution in [-0.2, 0) is 15.9 Å². The number of aryl methyl sites for hydroxylation is 1. The fourth-order valence-corrected chi connectivity index (χ4v) is 4.81. The minimum absolute atomic E-state index is 0.0356. The van der Waals surface area contributed by atoms with Crippen LogP contribution < -0.4 is 5.32 Å². The van der Waals surface area contributed by atoms with Gasteiger partial charge < -0.3 is 19.8 Å². The molecular weight excluding hydrogens is 370 g/mol. The number of piperidine rings is 1. The summed E-state index contributed by atoms with van der Waals surface area (Å²) < 4.78 is 10.6. The highest BCUT2D eigenvalue weighted by atomic mass is 16.5. The molecule has 3 heterocycles. The van der Waals surface area contributed by atoms with E-state index >= 15 is 0 Å². The Morgan fingerprint density at radius 3 is 2.52 bits per heavy atom. The zero-order valence-corrected chi connectivity index (χ0v) is 18.1. The number of hydrogen-bond acceptors (Lipinski definition) is 5. The third-order valence-corrected chi connectivity index (χ3v) is 6.44. The third kappa shape index (κ3) is 4.67. The van der Waals surface area contributed by atoms with E-state index in [1.54, 1.807) is 0 Å². The smallest absolute Gasteiger partial charge is 0.339 e. The molecule has 1 aromatic heterocycles. The predicted octanol–water partition coefficient (Wildman–Crippen LogP) is 2.83. The molecule has 7 nitrogen and oxygen atoms in total. The first-order valence-corrected chi connectivity index (χ1v) is 10.9. The highest BCUT2D eigenvalue weighted by Gasteiger charge is 2.39. The summed E-state index contributed by atoms with van der Waals surface area (Å²) in [5, 5.41) is 3.18. The van der Waals surface area contributed by atoms with E-state index < -0.39 is 5.97 Å². The van der Waals surface area contributed by atoms with Crippen molar-refractivity contribution in [2.45, 2.75) is 64.3 Å².